The van der Waals surface area contributed by atoms with E-state index >= 15 is 0 Å². The third-order valence-electron chi connectivity index (χ3n) is 1.60. The van der Waals surface area contributed by atoms with Gasteiger partial charge in [0.05, 0.1) is 33.0 Å². The molecule has 0 aliphatic heterocycles. The van der Waals surface area contributed by atoms with Crippen LogP contribution in [0.5, 0.6) is 0 Å². The largest absolute Gasteiger partial charge is 0.385 e. The minimum absolute atomic E-state index is 0.530. The Morgan fingerprint density at radius 3 is 1.80 bits per heavy atom. The second kappa shape index (κ2) is 14.1. The highest BCUT2D eigenvalue weighted by Gasteiger charge is 1.91. The molecule has 5 heteroatoms. The summed E-state index contributed by atoms with van der Waals surface area (Å²) in [6.45, 7) is 4.47. The number of methoxy groups -OCH3 is 1. The Bertz CT molecular complexity index is 102. The first-order chi connectivity index (χ1) is 7.41. The number of alkyl halides is 1. The normalized spacial score (nSPS) is 10.8. The van der Waals surface area contributed by atoms with Crippen LogP contribution < -0.4 is 0 Å². The SMILES string of the molecule is COCCCOCCOCCOCCCl. The second-order valence-corrected chi connectivity index (χ2v) is 3.25. The molecule has 0 rings (SSSR count). The van der Waals surface area contributed by atoms with Gasteiger partial charge in [0.15, 0.2) is 0 Å². The third-order valence-corrected chi connectivity index (χ3v) is 1.76. The van der Waals surface area contributed by atoms with Crippen LogP contribution in [0.2, 0.25) is 0 Å². The number of rotatable bonds is 12. The second-order valence-electron chi connectivity index (χ2n) is 2.87. The molecule has 0 unspecified atom stereocenters. The molecular weight excluding hydrogens is 220 g/mol. The summed E-state index contributed by atoms with van der Waals surface area (Å²) in [7, 11) is 1.68. The fourth-order valence-corrected chi connectivity index (χ4v) is 1.01. The molecule has 0 aromatic carbocycles. The first kappa shape index (κ1) is 15.1. The van der Waals surface area contributed by atoms with Gasteiger partial charge in [-0.15, -0.1) is 11.6 Å². The standard InChI is InChI=1S/C10H21ClO4/c1-12-4-2-5-13-7-9-15-10-8-14-6-3-11/h2-10H2,1H3. The highest BCUT2D eigenvalue weighted by Crippen LogP contribution is 1.85. The number of ether oxygens (including phenoxy) is 4. The van der Waals surface area contributed by atoms with Crippen molar-refractivity contribution in [3.63, 3.8) is 0 Å². The van der Waals surface area contributed by atoms with E-state index < -0.39 is 0 Å². The monoisotopic (exact) mass is 240 g/mol. The molecule has 0 heterocycles. The van der Waals surface area contributed by atoms with E-state index in [1.807, 2.05) is 0 Å². The highest BCUT2D eigenvalue weighted by atomic mass is 35.5. The summed E-state index contributed by atoms with van der Waals surface area (Å²) in [6, 6.07) is 0. The lowest BCUT2D eigenvalue weighted by Gasteiger charge is -2.05. The minimum Gasteiger partial charge on any atom is -0.385 e. The lowest BCUT2D eigenvalue weighted by Crippen LogP contribution is -2.10. The average molecular weight is 241 g/mol. The quantitative estimate of drug-likeness (QED) is 0.381. The van der Waals surface area contributed by atoms with E-state index in [1.165, 1.54) is 0 Å². The average Bonchev–Trinajstić information content (AvgIpc) is 2.26. The van der Waals surface area contributed by atoms with Crippen molar-refractivity contribution in [1.29, 1.82) is 0 Å². The molecule has 0 saturated carbocycles. The highest BCUT2D eigenvalue weighted by molar-refractivity contribution is 6.17. The van der Waals surface area contributed by atoms with Crippen molar-refractivity contribution in [1.82, 2.24) is 0 Å². The maximum atomic E-state index is 5.43. The van der Waals surface area contributed by atoms with Crippen molar-refractivity contribution >= 4 is 11.6 Å². The molecule has 0 saturated heterocycles. The molecule has 0 spiro atoms. The molecule has 0 radical (unpaired) electrons. The van der Waals surface area contributed by atoms with E-state index in [-0.39, 0.29) is 0 Å². The van der Waals surface area contributed by atoms with Crippen molar-refractivity contribution < 1.29 is 18.9 Å². The Kier molecular flexibility index (Phi) is 14.3. The van der Waals surface area contributed by atoms with Crippen molar-refractivity contribution in [3.8, 4) is 0 Å². The fraction of sp³-hybridized carbons (Fsp3) is 1.00. The van der Waals surface area contributed by atoms with Crippen LogP contribution in [0.1, 0.15) is 6.42 Å². The van der Waals surface area contributed by atoms with Crippen molar-refractivity contribution in [3.05, 3.63) is 0 Å². The number of hydrogen-bond donors (Lipinski definition) is 0. The molecule has 0 aromatic heterocycles. The topological polar surface area (TPSA) is 36.9 Å². The van der Waals surface area contributed by atoms with Crippen molar-refractivity contribution in [2.45, 2.75) is 6.42 Å². The Morgan fingerprint density at radius 2 is 1.27 bits per heavy atom. The molecule has 4 nitrogen and oxygen atoms in total. The fourth-order valence-electron chi connectivity index (χ4n) is 0.902. The first-order valence-electron chi connectivity index (χ1n) is 5.20. The zero-order valence-corrected chi connectivity index (χ0v) is 10.1. The van der Waals surface area contributed by atoms with Crippen LogP contribution in [0.25, 0.3) is 0 Å². The Morgan fingerprint density at radius 1 is 0.733 bits per heavy atom. The van der Waals surface area contributed by atoms with Gasteiger partial charge in [0.1, 0.15) is 0 Å². The predicted octanol–water partition coefficient (Wildman–Crippen LogP) is 1.31. The van der Waals surface area contributed by atoms with Gasteiger partial charge in [0.25, 0.3) is 0 Å². The van der Waals surface area contributed by atoms with Crippen LogP contribution in [0.4, 0.5) is 0 Å². The summed E-state index contributed by atoms with van der Waals surface area (Å²) in [5.74, 6) is 0.530. The van der Waals surface area contributed by atoms with Crippen molar-refractivity contribution in [2.75, 3.05) is 59.2 Å². The van der Waals surface area contributed by atoms with E-state index in [2.05, 4.69) is 0 Å². The maximum absolute atomic E-state index is 5.43. The van der Waals surface area contributed by atoms with Gasteiger partial charge in [-0.2, -0.15) is 0 Å². The molecule has 0 bridgehead atoms. The van der Waals surface area contributed by atoms with E-state index in [0.29, 0.717) is 38.9 Å². The molecule has 0 fully saturated rings. The molecule has 0 aliphatic carbocycles. The van der Waals surface area contributed by atoms with Gasteiger partial charge in [-0.1, -0.05) is 0 Å². The van der Waals surface area contributed by atoms with Crippen LogP contribution in [0.3, 0.4) is 0 Å². The lowest BCUT2D eigenvalue weighted by atomic mass is 10.5. The van der Waals surface area contributed by atoms with Gasteiger partial charge in [-0.3, -0.25) is 0 Å². The van der Waals surface area contributed by atoms with Gasteiger partial charge in [-0.05, 0) is 6.42 Å². The number of hydrogen-bond acceptors (Lipinski definition) is 4. The van der Waals surface area contributed by atoms with Crippen LogP contribution in [-0.4, -0.2) is 59.2 Å². The summed E-state index contributed by atoms with van der Waals surface area (Å²) < 4.78 is 20.6. The van der Waals surface area contributed by atoms with E-state index in [1.54, 1.807) is 7.11 Å². The van der Waals surface area contributed by atoms with Crippen LogP contribution >= 0.6 is 11.6 Å². The number of halogens is 1. The first-order valence-corrected chi connectivity index (χ1v) is 5.73. The molecular formula is C10H21ClO4. The molecule has 0 aliphatic rings. The summed E-state index contributed by atoms with van der Waals surface area (Å²) in [5, 5.41) is 0. The van der Waals surface area contributed by atoms with Crippen LogP contribution in [-0.2, 0) is 18.9 Å². The van der Waals surface area contributed by atoms with Gasteiger partial charge in [0, 0.05) is 26.2 Å². The smallest absolute Gasteiger partial charge is 0.0701 e. The van der Waals surface area contributed by atoms with E-state index in [4.69, 9.17) is 30.5 Å². The lowest BCUT2D eigenvalue weighted by molar-refractivity contribution is 0.0138. The molecule has 0 atom stereocenters. The molecule has 0 N–H and O–H groups in total. The van der Waals surface area contributed by atoms with Gasteiger partial charge in [0.2, 0.25) is 0 Å². The van der Waals surface area contributed by atoms with Crippen LogP contribution in [0.15, 0.2) is 0 Å². The third kappa shape index (κ3) is 14.1. The summed E-state index contributed by atoms with van der Waals surface area (Å²) in [6.07, 6.45) is 0.926. The molecule has 92 valence electrons. The summed E-state index contributed by atoms with van der Waals surface area (Å²) in [5.41, 5.74) is 0. The molecule has 0 amide bonds. The Balaban J connectivity index is 2.81. The predicted molar refractivity (Wildman–Crippen MR) is 59.7 cm³/mol. The van der Waals surface area contributed by atoms with Crippen LogP contribution in [0, 0.1) is 0 Å². The molecule has 15 heavy (non-hydrogen) atoms. The maximum Gasteiger partial charge on any atom is 0.0701 e. The zero-order chi connectivity index (χ0) is 11.2. The minimum atomic E-state index is 0.530. The van der Waals surface area contributed by atoms with E-state index in [0.717, 1.165) is 19.6 Å². The van der Waals surface area contributed by atoms with Crippen molar-refractivity contribution in [2.24, 2.45) is 0 Å². The van der Waals surface area contributed by atoms with E-state index in [9.17, 15) is 0 Å². The Hall–Kier alpha value is 0.130. The zero-order valence-electron chi connectivity index (χ0n) is 9.37. The Labute approximate surface area is 96.8 Å². The van der Waals surface area contributed by atoms with Gasteiger partial charge >= 0.3 is 0 Å². The summed E-state index contributed by atoms with van der Waals surface area (Å²) in [4.78, 5) is 0. The summed E-state index contributed by atoms with van der Waals surface area (Å²) >= 11 is 5.43. The van der Waals surface area contributed by atoms with Gasteiger partial charge < -0.3 is 18.9 Å². The van der Waals surface area contributed by atoms with Gasteiger partial charge in [-0.25, -0.2) is 0 Å². The molecule has 0 aromatic rings.